The van der Waals surface area contributed by atoms with E-state index in [2.05, 4.69) is 16.0 Å². The first kappa shape index (κ1) is 19.6. The second-order valence-corrected chi connectivity index (χ2v) is 7.20. The Balaban J connectivity index is 1.42. The minimum absolute atomic E-state index is 0.0499. The Morgan fingerprint density at radius 3 is 2.25 bits per heavy atom. The van der Waals surface area contributed by atoms with Crippen LogP contribution in [-0.2, 0) is 24.3 Å². The zero-order chi connectivity index (χ0) is 19.8. The molecule has 3 rings (SSSR count). The van der Waals surface area contributed by atoms with E-state index in [0.29, 0.717) is 18.8 Å². The van der Waals surface area contributed by atoms with E-state index in [4.69, 9.17) is 0 Å². The van der Waals surface area contributed by atoms with E-state index in [1.807, 2.05) is 17.5 Å². The van der Waals surface area contributed by atoms with Crippen molar-refractivity contribution in [2.45, 2.75) is 19.5 Å². The highest BCUT2D eigenvalue weighted by Gasteiger charge is 2.06. The molecular formula is C21H20FN3O2S. The average Bonchev–Trinajstić information content (AvgIpc) is 3.21. The monoisotopic (exact) mass is 397 g/mol. The first-order valence-electron chi connectivity index (χ1n) is 8.76. The summed E-state index contributed by atoms with van der Waals surface area (Å²) in [4.78, 5) is 25.1. The van der Waals surface area contributed by atoms with E-state index in [1.165, 1.54) is 12.1 Å². The van der Waals surface area contributed by atoms with Crippen LogP contribution in [0.25, 0.3) is 0 Å². The number of halogens is 1. The van der Waals surface area contributed by atoms with Crippen LogP contribution in [0.5, 0.6) is 0 Å². The fraction of sp³-hybridized carbons (Fsp3) is 0.143. The third-order valence-electron chi connectivity index (χ3n) is 3.98. The van der Waals surface area contributed by atoms with Gasteiger partial charge in [-0.1, -0.05) is 30.3 Å². The Bertz CT molecular complexity index is 910. The van der Waals surface area contributed by atoms with Gasteiger partial charge in [-0.2, -0.15) is 0 Å². The third-order valence-corrected chi connectivity index (χ3v) is 4.86. The van der Waals surface area contributed by atoms with E-state index in [0.717, 1.165) is 16.0 Å². The highest BCUT2D eigenvalue weighted by atomic mass is 32.1. The van der Waals surface area contributed by atoms with Crippen molar-refractivity contribution in [2.75, 3.05) is 5.32 Å². The number of carbonyl (C=O) groups is 2. The molecule has 0 saturated carbocycles. The van der Waals surface area contributed by atoms with Crippen LogP contribution in [0.15, 0.2) is 66.0 Å². The number of carbonyl (C=O) groups excluding carboxylic acids is 2. The largest absolute Gasteiger partial charge is 0.351 e. The number of nitrogens with one attached hydrogen (secondary N) is 3. The molecule has 0 spiro atoms. The molecule has 3 N–H and O–H groups in total. The summed E-state index contributed by atoms with van der Waals surface area (Å²) >= 11 is 1.60. The lowest BCUT2D eigenvalue weighted by atomic mass is 10.1. The number of benzene rings is 2. The number of hydrogen-bond acceptors (Lipinski definition) is 3. The molecule has 1 aromatic heterocycles. The van der Waals surface area contributed by atoms with Gasteiger partial charge in [0.05, 0.1) is 13.0 Å². The second-order valence-electron chi connectivity index (χ2n) is 6.16. The summed E-state index contributed by atoms with van der Waals surface area (Å²) in [5.74, 6) is -0.361. The van der Waals surface area contributed by atoms with E-state index >= 15 is 0 Å². The topological polar surface area (TPSA) is 70.2 Å². The van der Waals surface area contributed by atoms with Gasteiger partial charge in [-0.15, -0.1) is 11.3 Å². The second kappa shape index (κ2) is 9.66. The Labute approximate surface area is 166 Å². The van der Waals surface area contributed by atoms with Crippen molar-refractivity contribution in [3.05, 3.63) is 87.9 Å². The molecule has 5 nitrogen and oxygen atoms in total. The maximum Gasteiger partial charge on any atom is 0.319 e. The quantitative estimate of drug-likeness (QED) is 0.563. The fourth-order valence-electron chi connectivity index (χ4n) is 2.51. The average molecular weight is 397 g/mol. The summed E-state index contributed by atoms with van der Waals surface area (Å²) in [5.41, 5.74) is 2.29. The van der Waals surface area contributed by atoms with Gasteiger partial charge in [-0.3, -0.25) is 4.79 Å². The maximum absolute atomic E-state index is 12.9. The minimum atomic E-state index is -0.356. The van der Waals surface area contributed by atoms with Crippen LogP contribution < -0.4 is 16.0 Å². The van der Waals surface area contributed by atoms with E-state index < -0.39 is 0 Å². The summed E-state index contributed by atoms with van der Waals surface area (Å²) in [7, 11) is 0. The van der Waals surface area contributed by atoms with Crippen LogP contribution in [-0.4, -0.2) is 11.9 Å². The lowest BCUT2D eigenvalue weighted by molar-refractivity contribution is -0.120. The summed E-state index contributed by atoms with van der Waals surface area (Å²) in [6, 6.07) is 16.6. The zero-order valence-electron chi connectivity index (χ0n) is 15.1. The SMILES string of the molecule is O=C(Cc1ccc(NC(=O)NCc2ccc(F)cc2)cc1)NCc1cccs1. The molecule has 0 aliphatic rings. The number of anilines is 1. The van der Waals surface area contributed by atoms with Crippen LogP contribution in [0.4, 0.5) is 14.9 Å². The van der Waals surface area contributed by atoms with Crippen LogP contribution >= 0.6 is 11.3 Å². The lowest BCUT2D eigenvalue weighted by Gasteiger charge is -2.09. The summed E-state index contributed by atoms with van der Waals surface area (Å²) in [6.07, 6.45) is 0.280. The smallest absolute Gasteiger partial charge is 0.319 e. The van der Waals surface area contributed by atoms with Crippen molar-refractivity contribution in [3.8, 4) is 0 Å². The van der Waals surface area contributed by atoms with Gasteiger partial charge in [0, 0.05) is 17.1 Å². The highest BCUT2D eigenvalue weighted by Crippen LogP contribution is 2.11. The standard InChI is InChI=1S/C21H20FN3O2S/c22-17-7-3-16(4-8-17)13-24-21(27)25-18-9-5-15(6-10-18)12-20(26)23-14-19-2-1-11-28-19/h1-11H,12-14H2,(H,23,26)(H2,24,25,27). The molecule has 0 bridgehead atoms. The first-order chi connectivity index (χ1) is 13.6. The molecule has 144 valence electrons. The number of hydrogen-bond donors (Lipinski definition) is 3. The summed E-state index contributed by atoms with van der Waals surface area (Å²) in [6.45, 7) is 0.832. The Hall–Kier alpha value is -3.19. The normalized spacial score (nSPS) is 10.3. The van der Waals surface area contributed by atoms with Crippen LogP contribution in [0.1, 0.15) is 16.0 Å². The summed E-state index contributed by atoms with van der Waals surface area (Å²) in [5, 5.41) is 10.3. The molecule has 1 heterocycles. The van der Waals surface area contributed by atoms with Gasteiger partial charge < -0.3 is 16.0 Å². The van der Waals surface area contributed by atoms with Crippen LogP contribution in [0.3, 0.4) is 0 Å². The van der Waals surface area contributed by atoms with Crippen LogP contribution in [0, 0.1) is 5.82 Å². The highest BCUT2D eigenvalue weighted by molar-refractivity contribution is 7.09. The van der Waals surface area contributed by atoms with Gasteiger partial charge in [-0.25, -0.2) is 9.18 Å². The predicted octanol–water partition coefficient (Wildman–Crippen LogP) is 4.07. The Kier molecular flexibility index (Phi) is 6.75. The van der Waals surface area contributed by atoms with Crippen molar-refractivity contribution in [3.63, 3.8) is 0 Å². The van der Waals surface area contributed by atoms with Gasteiger partial charge in [0.2, 0.25) is 5.91 Å². The molecule has 0 atom stereocenters. The molecule has 0 aliphatic heterocycles. The molecule has 0 unspecified atom stereocenters. The van der Waals surface area contributed by atoms with Gasteiger partial charge >= 0.3 is 6.03 Å². The zero-order valence-corrected chi connectivity index (χ0v) is 15.9. The van der Waals surface area contributed by atoms with Gasteiger partial charge in [0.15, 0.2) is 0 Å². The van der Waals surface area contributed by atoms with Crippen molar-refractivity contribution in [1.82, 2.24) is 10.6 Å². The maximum atomic E-state index is 12.9. The Morgan fingerprint density at radius 1 is 0.857 bits per heavy atom. The van der Waals surface area contributed by atoms with Gasteiger partial charge in [-0.05, 0) is 46.8 Å². The first-order valence-corrected chi connectivity index (χ1v) is 9.64. The Morgan fingerprint density at radius 2 is 1.57 bits per heavy atom. The fourth-order valence-corrected chi connectivity index (χ4v) is 3.16. The van der Waals surface area contributed by atoms with Crippen molar-refractivity contribution >= 4 is 29.0 Å². The summed E-state index contributed by atoms with van der Waals surface area (Å²) < 4.78 is 12.9. The van der Waals surface area contributed by atoms with Crippen LogP contribution in [0.2, 0.25) is 0 Å². The van der Waals surface area contributed by atoms with Gasteiger partial charge in [0.1, 0.15) is 5.82 Å². The molecule has 28 heavy (non-hydrogen) atoms. The van der Waals surface area contributed by atoms with Crippen molar-refractivity contribution < 1.29 is 14.0 Å². The number of amides is 3. The molecule has 3 aromatic rings. The van der Waals surface area contributed by atoms with E-state index in [9.17, 15) is 14.0 Å². The van der Waals surface area contributed by atoms with Crippen molar-refractivity contribution in [1.29, 1.82) is 0 Å². The molecule has 7 heteroatoms. The van der Waals surface area contributed by atoms with E-state index in [-0.39, 0.29) is 24.2 Å². The molecular weight excluding hydrogens is 377 g/mol. The molecule has 0 radical (unpaired) electrons. The molecule has 0 aliphatic carbocycles. The molecule has 2 aromatic carbocycles. The lowest BCUT2D eigenvalue weighted by Crippen LogP contribution is -2.28. The van der Waals surface area contributed by atoms with Gasteiger partial charge in [0.25, 0.3) is 0 Å². The number of urea groups is 1. The predicted molar refractivity (Wildman–Crippen MR) is 109 cm³/mol. The molecule has 3 amide bonds. The minimum Gasteiger partial charge on any atom is -0.351 e. The number of rotatable bonds is 7. The third kappa shape index (κ3) is 6.21. The van der Waals surface area contributed by atoms with Crippen molar-refractivity contribution in [2.24, 2.45) is 0 Å². The number of thiophene rings is 1. The van der Waals surface area contributed by atoms with E-state index in [1.54, 1.807) is 47.7 Å². The molecule has 0 fully saturated rings. The molecule has 0 saturated heterocycles.